The zero-order valence-electron chi connectivity index (χ0n) is 10.3. The van der Waals surface area contributed by atoms with Crippen LogP contribution >= 0.6 is 0 Å². The Morgan fingerprint density at radius 2 is 2.06 bits per heavy atom. The Hall–Kier alpha value is -1.59. The van der Waals surface area contributed by atoms with E-state index in [1.54, 1.807) is 6.92 Å². The third-order valence-electron chi connectivity index (χ3n) is 2.86. The Labute approximate surface area is 100.0 Å². The molecule has 0 bridgehead atoms. The lowest BCUT2D eigenvalue weighted by Crippen LogP contribution is -2.44. The quantitative estimate of drug-likeness (QED) is 0.699. The summed E-state index contributed by atoms with van der Waals surface area (Å²) < 4.78 is 0. The topological polar surface area (TPSA) is 86.7 Å². The predicted octanol–water partition coefficient (Wildman–Crippen LogP) is 0.818. The number of carboxylic acids is 1. The Morgan fingerprint density at radius 3 is 2.53 bits per heavy atom. The average Bonchev–Trinajstić information content (AvgIpc) is 2.40. The summed E-state index contributed by atoms with van der Waals surface area (Å²) in [5, 5.41) is 11.2. The van der Waals surface area contributed by atoms with Crippen LogP contribution < -0.4 is 5.32 Å². The minimum atomic E-state index is -1.19. The number of nitrogens with one attached hydrogen (secondary N) is 1. The fraction of sp³-hybridized carbons (Fsp3) is 0.727. The van der Waals surface area contributed by atoms with E-state index in [-0.39, 0.29) is 0 Å². The summed E-state index contributed by atoms with van der Waals surface area (Å²) in [6.45, 7) is 5.11. The van der Waals surface area contributed by atoms with E-state index in [4.69, 9.17) is 5.11 Å². The number of carbonyl (C=O) groups excluding carboxylic acids is 2. The van der Waals surface area contributed by atoms with Crippen LogP contribution in [0.5, 0.6) is 0 Å². The highest BCUT2D eigenvalue weighted by Crippen LogP contribution is 2.24. The van der Waals surface area contributed by atoms with Crippen LogP contribution in [0.25, 0.3) is 0 Å². The maximum absolute atomic E-state index is 12.0. The molecule has 0 saturated carbocycles. The molecule has 1 fully saturated rings. The van der Waals surface area contributed by atoms with E-state index in [2.05, 4.69) is 5.32 Å². The largest absolute Gasteiger partial charge is 0.480 e. The standard InChI is InChI=1S/C11H18N2O4/c1-7(2)4-5-11(3)9(16)13(6-8(14)15)10(17)12-11/h7H,4-6H2,1-3H3,(H,12,17)(H,14,15)/t11-/m0/s1. The SMILES string of the molecule is CC(C)CC[C@]1(C)NC(=O)N(CC(=O)O)C1=O. The second-order valence-electron chi connectivity index (χ2n) is 4.98. The van der Waals surface area contributed by atoms with Crippen LogP contribution in [0.4, 0.5) is 4.79 Å². The van der Waals surface area contributed by atoms with Gasteiger partial charge in [-0.15, -0.1) is 0 Å². The van der Waals surface area contributed by atoms with Crippen molar-refractivity contribution < 1.29 is 19.5 Å². The van der Waals surface area contributed by atoms with Gasteiger partial charge in [0.1, 0.15) is 12.1 Å². The maximum Gasteiger partial charge on any atom is 0.325 e. The van der Waals surface area contributed by atoms with Gasteiger partial charge in [0.05, 0.1) is 0 Å². The van der Waals surface area contributed by atoms with Crippen molar-refractivity contribution in [2.75, 3.05) is 6.54 Å². The Kier molecular flexibility index (Phi) is 3.75. The smallest absolute Gasteiger partial charge is 0.325 e. The Morgan fingerprint density at radius 1 is 1.47 bits per heavy atom. The highest BCUT2D eigenvalue weighted by atomic mass is 16.4. The van der Waals surface area contributed by atoms with Crippen LogP contribution in [0, 0.1) is 5.92 Å². The molecule has 1 saturated heterocycles. The number of carbonyl (C=O) groups is 3. The Balaban J connectivity index is 2.75. The highest BCUT2D eigenvalue weighted by molar-refractivity contribution is 6.08. The first-order valence-corrected chi connectivity index (χ1v) is 5.62. The minimum Gasteiger partial charge on any atom is -0.480 e. The van der Waals surface area contributed by atoms with Gasteiger partial charge in [-0.2, -0.15) is 0 Å². The fourth-order valence-electron chi connectivity index (χ4n) is 1.77. The predicted molar refractivity (Wildman–Crippen MR) is 60.4 cm³/mol. The molecule has 6 heteroatoms. The molecule has 0 aliphatic carbocycles. The second kappa shape index (κ2) is 4.73. The molecule has 17 heavy (non-hydrogen) atoms. The second-order valence-corrected chi connectivity index (χ2v) is 4.98. The molecule has 1 heterocycles. The number of hydrogen-bond acceptors (Lipinski definition) is 3. The van der Waals surface area contributed by atoms with Crippen molar-refractivity contribution in [3.63, 3.8) is 0 Å². The average molecular weight is 242 g/mol. The summed E-state index contributed by atoms with van der Waals surface area (Å²) >= 11 is 0. The molecule has 2 N–H and O–H groups in total. The number of aliphatic carboxylic acids is 1. The van der Waals surface area contributed by atoms with Crippen molar-refractivity contribution in [1.29, 1.82) is 0 Å². The van der Waals surface area contributed by atoms with Crippen LogP contribution in [-0.2, 0) is 9.59 Å². The van der Waals surface area contributed by atoms with Crippen molar-refractivity contribution in [3.8, 4) is 0 Å². The van der Waals surface area contributed by atoms with Crippen molar-refractivity contribution >= 4 is 17.9 Å². The van der Waals surface area contributed by atoms with E-state index in [0.29, 0.717) is 12.3 Å². The monoisotopic (exact) mass is 242 g/mol. The van der Waals surface area contributed by atoms with Gasteiger partial charge in [-0.1, -0.05) is 13.8 Å². The molecule has 3 amide bonds. The summed E-state index contributed by atoms with van der Waals surface area (Å²) in [5.74, 6) is -1.22. The van der Waals surface area contributed by atoms with Crippen molar-refractivity contribution in [2.24, 2.45) is 5.92 Å². The molecule has 1 atom stereocenters. The number of hydrogen-bond donors (Lipinski definition) is 2. The maximum atomic E-state index is 12.0. The number of carboxylic acid groups (broad SMARTS) is 1. The number of nitrogens with zero attached hydrogens (tertiary/aromatic N) is 1. The molecular formula is C11H18N2O4. The molecule has 0 unspecified atom stereocenters. The molecule has 0 radical (unpaired) electrons. The molecule has 96 valence electrons. The molecule has 0 aromatic carbocycles. The van der Waals surface area contributed by atoms with Crippen LogP contribution in [0.2, 0.25) is 0 Å². The normalized spacial score (nSPS) is 24.4. The zero-order valence-corrected chi connectivity index (χ0v) is 10.3. The van der Waals surface area contributed by atoms with Gasteiger partial charge in [-0.3, -0.25) is 14.5 Å². The zero-order chi connectivity index (χ0) is 13.2. The van der Waals surface area contributed by atoms with E-state index in [1.807, 2.05) is 13.8 Å². The lowest BCUT2D eigenvalue weighted by atomic mass is 9.92. The van der Waals surface area contributed by atoms with Gasteiger partial charge in [0.25, 0.3) is 5.91 Å². The van der Waals surface area contributed by atoms with Crippen molar-refractivity contribution in [1.82, 2.24) is 10.2 Å². The number of rotatable bonds is 5. The highest BCUT2D eigenvalue weighted by Gasteiger charge is 2.47. The summed E-state index contributed by atoms with van der Waals surface area (Å²) in [7, 11) is 0. The molecule has 6 nitrogen and oxygen atoms in total. The first kappa shape index (κ1) is 13.5. The van der Waals surface area contributed by atoms with E-state index in [0.717, 1.165) is 11.3 Å². The molecule has 0 spiro atoms. The summed E-state index contributed by atoms with van der Waals surface area (Å²) in [5.41, 5.74) is -0.962. The van der Waals surface area contributed by atoms with Gasteiger partial charge in [-0.25, -0.2) is 4.79 Å². The number of imide groups is 1. The molecular weight excluding hydrogens is 224 g/mol. The molecule has 1 aliphatic heterocycles. The van der Waals surface area contributed by atoms with Gasteiger partial charge in [-0.05, 0) is 25.7 Å². The molecule has 1 aliphatic rings. The first-order valence-electron chi connectivity index (χ1n) is 5.62. The minimum absolute atomic E-state index is 0.421. The van der Waals surface area contributed by atoms with Crippen LogP contribution in [-0.4, -0.2) is 40.0 Å². The number of amides is 3. The van der Waals surface area contributed by atoms with Crippen LogP contribution in [0.1, 0.15) is 33.6 Å². The summed E-state index contributed by atoms with van der Waals surface area (Å²) in [4.78, 5) is 34.8. The van der Waals surface area contributed by atoms with Gasteiger partial charge in [0, 0.05) is 0 Å². The van der Waals surface area contributed by atoms with E-state index in [1.165, 1.54) is 0 Å². The first-order chi connectivity index (χ1) is 7.76. The van der Waals surface area contributed by atoms with E-state index >= 15 is 0 Å². The van der Waals surface area contributed by atoms with Crippen molar-refractivity contribution in [3.05, 3.63) is 0 Å². The van der Waals surface area contributed by atoms with Gasteiger partial charge in [0.2, 0.25) is 0 Å². The summed E-state index contributed by atoms with van der Waals surface area (Å²) in [6.07, 6.45) is 1.31. The van der Waals surface area contributed by atoms with Crippen LogP contribution in [0.15, 0.2) is 0 Å². The third kappa shape index (κ3) is 2.95. The van der Waals surface area contributed by atoms with E-state index in [9.17, 15) is 14.4 Å². The third-order valence-corrected chi connectivity index (χ3v) is 2.86. The molecule has 0 aromatic heterocycles. The lowest BCUT2D eigenvalue weighted by molar-refractivity contribution is -0.142. The molecule has 1 rings (SSSR count). The summed E-state index contributed by atoms with van der Waals surface area (Å²) in [6, 6.07) is -0.622. The van der Waals surface area contributed by atoms with Gasteiger partial charge >= 0.3 is 12.0 Å². The van der Waals surface area contributed by atoms with Crippen molar-refractivity contribution in [2.45, 2.75) is 39.2 Å². The number of urea groups is 1. The van der Waals surface area contributed by atoms with Gasteiger partial charge in [0.15, 0.2) is 0 Å². The fourth-order valence-corrected chi connectivity index (χ4v) is 1.77. The van der Waals surface area contributed by atoms with Gasteiger partial charge < -0.3 is 10.4 Å². The molecule has 0 aromatic rings. The van der Waals surface area contributed by atoms with E-state index < -0.39 is 30.0 Å². The Bertz CT molecular complexity index is 353. The lowest BCUT2D eigenvalue weighted by Gasteiger charge is -2.22. The van der Waals surface area contributed by atoms with Crippen LogP contribution in [0.3, 0.4) is 0 Å².